The number of piperazine rings is 1. The van der Waals surface area contributed by atoms with Gasteiger partial charge in [0.25, 0.3) is 11.4 Å². The van der Waals surface area contributed by atoms with Crippen LogP contribution in [-0.4, -0.2) is 79.2 Å². The molecule has 0 saturated carbocycles. The number of fused-ring (bicyclic) bond motifs is 1. The second kappa shape index (κ2) is 13.7. The van der Waals surface area contributed by atoms with Crippen molar-refractivity contribution in [1.29, 1.82) is 0 Å². The van der Waals surface area contributed by atoms with Gasteiger partial charge in [-0.2, -0.15) is 9.41 Å². The molecule has 2 atom stereocenters. The molecule has 6 rings (SSSR count). The van der Waals surface area contributed by atoms with Crippen molar-refractivity contribution < 1.29 is 27.7 Å². The van der Waals surface area contributed by atoms with E-state index in [1.807, 2.05) is 30.0 Å². The van der Waals surface area contributed by atoms with E-state index < -0.39 is 19.9 Å². The molecule has 0 aromatic heterocycles. The van der Waals surface area contributed by atoms with Gasteiger partial charge in [-0.3, -0.25) is 30.6 Å². The quantitative estimate of drug-likeness (QED) is 0.177. The van der Waals surface area contributed by atoms with Gasteiger partial charge in [-0.05, 0) is 55.5 Å². The van der Waals surface area contributed by atoms with Gasteiger partial charge in [0.2, 0.25) is 16.8 Å². The lowest BCUT2D eigenvalue weighted by Gasteiger charge is -2.35. The summed E-state index contributed by atoms with van der Waals surface area (Å²) in [7, 11) is -4.09. The van der Waals surface area contributed by atoms with Crippen molar-refractivity contribution >= 4 is 39.0 Å². The molecule has 2 saturated heterocycles. The molecule has 0 unspecified atom stereocenters. The van der Waals surface area contributed by atoms with Crippen LogP contribution >= 0.6 is 0 Å². The lowest BCUT2D eigenvalue weighted by Crippen LogP contribution is -2.46. The summed E-state index contributed by atoms with van der Waals surface area (Å²) in [5, 5.41) is 27.8. The third kappa shape index (κ3) is 7.05. The van der Waals surface area contributed by atoms with Crippen molar-refractivity contribution in [2.24, 2.45) is 11.0 Å². The summed E-state index contributed by atoms with van der Waals surface area (Å²) in [6, 6.07) is 14.0. The zero-order chi connectivity index (χ0) is 34.0. The number of anilines is 2. The van der Waals surface area contributed by atoms with Crippen LogP contribution in [0.3, 0.4) is 0 Å². The molecule has 0 radical (unpaired) electrons. The fraction of sp³-hybridized carbons (Fsp3) is 0.406. The van der Waals surface area contributed by atoms with Gasteiger partial charge in [0.1, 0.15) is 10.6 Å². The van der Waals surface area contributed by atoms with Gasteiger partial charge >= 0.3 is 0 Å². The highest BCUT2D eigenvalue weighted by Gasteiger charge is 2.35. The molecule has 3 aliphatic rings. The van der Waals surface area contributed by atoms with Gasteiger partial charge in [0.15, 0.2) is 11.5 Å². The number of benzene rings is 3. The van der Waals surface area contributed by atoms with E-state index >= 15 is 0 Å². The Bertz CT molecular complexity index is 1850. The van der Waals surface area contributed by atoms with Crippen molar-refractivity contribution in [3.8, 4) is 11.5 Å². The van der Waals surface area contributed by atoms with Crippen molar-refractivity contribution in [2.75, 3.05) is 49.8 Å². The number of nitrogens with zero attached hydrogens (tertiary/aromatic N) is 6. The first-order chi connectivity index (χ1) is 23.0. The number of hydrogen-bond donors (Lipinski definition) is 1. The van der Waals surface area contributed by atoms with E-state index in [-0.39, 0.29) is 34.8 Å². The topological polar surface area (TPSA) is 173 Å². The predicted octanol–water partition coefficient (Wildman–Crippen LogP) is 4.81. The number of ether oxygens (including phenoxy) is 2. The third-order valence-electron chi connectivity index (χ3n) is 8.99. The SMILES string of the molecule is C[C@@H]1CCN(S(=O)(=O)c2cc([N+](=O)[O-])ccc2N/N=C\c2ccc(N3CCN(Cc4ccc5c(c4)OCO5)CC3)c([N+](=O)[O-])c2)[C@@H](C)C1. The number of nitro groups is 2. The largest absolute Gasteiger partial charge is 0.454 e. The molecule has 0 bridgehead atoms. The zero-order valence-electron chi connectivity index (χ0n) is 26.6. The third-order valence-corrected chi connectivity index (χ3v) is 11.0. The van der Waals surface area contributed by atoms with E-state index in [9.17, 15) is 28.6 Å². The maximum Gasteiger partial charge on any atom is 0.293 e. The molecular weight excluding hydrogens is 642 g/mol. The molecule has 3 aromatic carbocycles. The van der Waals surface area contributed by atoms with E-state index in [2.05, 4.69) is 22.4 Å². The van der Waals surface area contributed by atoms with Crippen molar-refractivity contribution in [1.82, 2.24) is 9.21 Å². The Hall–Kier alpha value is -4.80. The highest BCUT2D eigenvalue weighted by atomic mass is 32.2. The first kappa shape index (κ1) is 33.1. The van der Waals surface area contributed by atoms with Crippen LogP contribution in [0.2, 0.25) is 0 Å². The summed E-state index contributed by atoms with van der Waals surface area (Å²) in [4.78, 5) is 26.6. The van der Waals surface area contributed by atoms with Crippen molar-refractivity contribution in [3.63, 3.8) is 0 Å². The number of hydrazone groups is 1. The Morgan fingerprint density at radius 2 is 1.71 bits per heavy atom. The molecule has 3 aromatic rings. The number of non-ortho nitro benzene ring substituents is 1. The van der Waals surface area contributed by atoms with E-state index in [4.69, 9.17) is 9.47 Å². The smallest absolute Gasteiger partial charge is 0.293 e. The van der Waals surface area contributed by atoms with Gasteiger partial charge in [0.05, 0.1) is 21.7 Å². The Balaban J connectivity index is 1.15. The number of nitro benzene ring substituents is 2. The molecule has 15 nitrogen and oxygen atoms in total. The van der Waals surface area contributed by atoms with Crippen LogP contribution in [0.25, 0.3) is 0 Å². The molecule has 0 spiro atoms. The minimum absolute atomic E-state index is 0.0624. The average Bonchev–Trinajstić information content (AvgIpc) is 3.53. The maximum absolute atomic E-state index is 13.7. The highest BCUT2D eigenvalue weighted by Crippen LogP contribution is 2.35. The Labute approximate surface area is 278 Å². The molecular formula is C32H37N7O8S. The molecule has 0 aliphatic carbocycles. The van der Waals surface area contributed by atoms with Crippen LogP contribution < -0.4 is 19.8 Å². The second-order valence-electron chi connectivity index (χ2n) is 12.4. The predicted molar refractivity (Wildman–Crippen MR) is 179 cm³/mol. The summed E-state index contributed by atoms with van der Waals surface area (Å²) in [6.07, 6.45) is 2.72. The van der Waals surface area contributed by atoms with E-state index in [1.165, 1.54) is 28.7 Å². The lowest BCUT2D eigenvalue weighted by atomic mass is 9.95. The summed E-state index contributed by atoms with van der Waals surface area (Å²) >= 11 is 0. The number of rotatable bonds is 10. The summed E-state index contributed by atoms with van der Waals surface area (Å²) in [5.74, 6) is 1.84. The Morgan fingerprint density at radius 3 is 2.44 bits per heavy atom. The van der Waals surface area contributed by atoms with Gasteiger partial charge in [0, 0.05) is 69.1 Å². The number of sulfonamides is 1. The van der Waals surface area contributed by atoms with Gasteiger partial charge in [-0.25, -0.2) is 8.42 Å². The van der Waals surface area contributed by atoms with E-state index in [0.717, 1.165) is 29.7 Å². The number of nitrogens with one attached hydrogen (secondary N) is 1. The van der Waals surface area contributed by atoms with Crippen LogP contribution in [0, 0.1) is 26.1 Å². The standard InChI is InChI=1S/C32H37N7O8S/c1-22-9-10-37(23(2)15-22)48(44,45)32-18-26(38(40)41)5-6-27(32)34-33-19-24-3-7-28(29(16-24)39(42)43)36-13-11-35(12-14-36)20-25-4-8-30-31(17-25)47-21-46-30/h3-8,16-19,22-23,34H,9-15,20-21H2,1-2H3/b33-19-/t22-,23+/m1/s1. The minimum Gasteiger partial charge on any atom is -0.454 e. The van der Waals surface area contributed by atoms with Gasteiger partial charge in [-0.15, -0.1) is 0 Å². The minimum atomic E-state index is -4.09. The molecule has 16 heteroatoms. The Morgan fingerprint density at radius 1 is 0.938 bits per heavy atom. The normalized spacial score (nSPS) is 20.2. The fourth-order valence-electron chi connectivity index (χ4n) is 6.45. The molecule has 3 heterocycles. The zero-order valence-corrected chi connectivity index (χ0v) is 27.5. The molecule has 48 heavy (non-hydrogen) atoms. The molecule has 0 amide bonds. The van der Waals surface area contributed by atoms with Crippen LogP contribution in [0.1, 0.15) is 37.8 Å². The first-order valence-corrected chi connectivity index (χ1v) is 17.2. The van der Waals surface area contributed by atoms with Crippen LogP contribution in [0.5, 0.6) is 11.5 Å². The molecule has 3 aliphatic heterocycles. The monoisotopic (exact) mass is 679 g/mol. The first-order valence-electron chi connectivity index (χ1n) is 15.7. The summed E-state index contributed by atoms with van der Waals surface area (Å²) in [5.41, 5.74) is 4.35. The summed E-state index contributed by atoms with van der Waals surface area (Å²) < 4.78 is 39.7. The van der Waals surface area contributed by atoms with Crippen molar-refractivity contribution in [2.45, 2.75) is 44.2 Å². The van der Waals surface area contributed by atoms with Crippen LogP contribution in [0.4, 0.5) is 22.7 Å². The van der Waals surface area contributed by atoms with Gasteiger partial charge in [-0.1, -0.05) is 19.1 Å². The Kier molecular flexibility index (Phi) is 9.48. The highest BCUT2D eigenvalue weighted by molar-refractivity contribution is 7.89. The molecule has 1 N–H and O–H groups in total. The van der Waals surface area contributed by atoms with E-state index in [1.54, 1.807) is 12.1 Å². The van der Waals surface area contributed by atoms with Crippen LogP contribution in [-0.2, 0) is 16.6 Å². The molecule has 254 valence electrons. The fourth-order valence-corrected chi connectivity index (χ4v) is 8.27. The van der Waals surface area contributed by atoms with Crippen LogP contribution in [0.15, 0.2) is 64.6 Å². The number of piperidine rings is 1. The van der Waals surface area contributed by atoms with Gasteiger partial charge < -0.3 is 14.4 Å². The number of hydrogen-bond acceptors (Lipinski definition) is 12. The average molecular weight is 680 g/mol. The lowest BCUT2D eigenvalue weighted by molar-refractivity contribution is -0.385. The summed E-state index contributed by atoms with van der Waals surface area (Å²) in [6.45, 7) is 7.79. The maximum atomic E-state index is 13.7. The second-order valence-corrected chi connectivity index (χ2v) is 14.2. The molecule has 2 fully saturated rings. The van der Waals surface area contributed by atoms with E-state index in [0.29, 0.717) is 62.7 Å². The van der Waals surface area contributed by atoms with Crippen molar-refractivity contribution in [3.05, 3.63) is 86.0 Å².